The van der Waals surface area contributed by atoms with E-state index in [1.165, 1.54) is 0 Å². The number of anilines is 2. The highest BCUT2D eigenvalue weighted by Gasteiger charge is 2.32. The van der Waals surface area contributed by atoms with Crippen LogP contribution in [0.1, 0.15) is 37.3 Å². The molecule has 6 heteroatoms. The summed E-state index contributed by atoms with van der Waals surface area (Å²) in [7, 11) is 4.05. The molecule has 2 aromatic carbocycles. The number of aromatic hydroxyl groups is 1. The predicted molar refractivity (Wildman–Crippen MR) is 123 cm³/mol. The Balaban J connectivity index is 1.61. The number of benzene rings is 2. The van der Waals surface area contributed by atoms with Crippen LogP contribution >= 0.6 is 11.3 Å². The Morgan fingerprint density at radius 3 is 2.50 bits per heavy atom. The minimum atomic E-state index is -0.0900. The number of carbonyl (C=O) groups excluding carboxylic acids is 1. The highest BCUT2D eigenvalue weighted by atomic mass is 32.1. The second kappa shape index (κ2) is 8.88. The van der Waals surface area contributed by atoms with Crippen molar-refractivity contribution in [3.8, 4) is 17.0 Å². The van der Waals surface area contributed by atoms with Crippen molar-refractivity contribution in [1.82, 2.24) is 4.98 Å². The van der Waals surface area contributed by atoms with Gasteiger partial charge in [-0.3, -0.25) is 4.79 Å². The number of thiazole rings is 1. The molecule has 0 amide bonds. The van der Waals surface area contributed by atoms with Gasteiger partial charge in [0.15, 0.2) is 5.13 Å². The first kappa shape index (κ1) is 20.4. The van der Waals surface area contributed by atoms with Crippen molar-refractivity contribution in [2.24, 2.45) is 5.92 Å². The van der Waals surface area contributed by atoms with Crippen LogP contribution in [0.25, 0.3) is 11.3 Å². The molecule has 2 unspecified atom stereocenters. The Kier molecular flexibility index (Phi) is 6.04. The quantitative estimate of drug-likeness (QED) is 0.551. The van der Waals surface area contributed by atoms with E-state index in [-0.39, 0.29) is 17.7 Å². The first-order valence-corrected chi connectivity index (χ1v) is 11.2. The molecule has 0 aliphatic heterocycles. The summed E-state index contributed by atoms with van der Waals surface area (Å²) in [5.74, 6) is 0.542. The SMILES string of the molecule is CN(C)c1ccc(C(Nc2nc(-c3ccc(O)cc3)cs2)C2CCCCC2=O)cc1. The average molecular weight is 422 g/mol. The van der Waals surface area contributed by atoms with Crippen LogP contribution < -0.4 is 10.2 Å². The molecule has 1 aliphatic carbocycles. The number of aromatic nitrogens is 1. The topological polar surface area (TPSA) is 65.5 Å². The van der Waals surface area contributed by atoms with E-state index >= 15 is 0 Å². The third kappa shape index (κ3) is 4.49. The maximum absolute atomic E-state index is 12.7. The first-order valence-electron chi connectivity index (χ1n) is 10.3. The number of Topliss-reactive ketones (excluding diaryl/α,β-unsaturated/α-hetero) is 1. The Morgan fingerprint density at radius 2 is 1.83 bits per heavy atom. The number of carbonyl (C=O) groups is 1. The van der Waals surface area contributed by atoms with Gasteiger partial charge in [-0.1, -0.05) is 18.6 Å². The van der Waals surface area contributed by atoms with Gasteiger partial charge in [-0.15, -0.1) is 11.3 Å². The van der Waals surface area contributed by atoms with Gasteiger partial charge in [-0.05, 0) is 54.8 Å². The fourth-order valence-corrected chi connectivity index (χ4v) is 4.75. The summed E-state index contributed by atoms with van der Waals surface area (Å²) in [5, 5.41) is 15.9. The first-order chi connectivity index (χ1) is 14.5. The Bertz CT molecular complexity index is 996. The zero-order valence-corrected chi connectivity index (χ0v) is 18.2. The van der Waals surface area contributed by atoms with Crippen LogP contribution in [0.2, 0.25) is 0 Å². The van der Waals surface area contributed by atoms with Crippen LogP contribution in [0, 0.1) is 5.92 Å². The van der Waals surface area contributed by atoms with Gasteiger partial charge in [0.25, 0.3) is 0 Å². The Morgan fingerprint density at radius 1 is 1.10 bits per heavy atom. The van der Waals surface area contributed by atoms with Crippen LogP contribution in [0.3, 0.4) is 0 Å². The third-order valence-corrected chi connectivity index (χ3v) is 6.49. The summed E-state index contributed by atoms with van der Waals surface area (Å²) in [6, 6.07) is 15.4. The van der Waals surface area contributed by atoms with Crippen LogP contribution in [0.15, 0.2) is 53.9 Å². The summed E-state index contributed by atoms with van der Waals surface area (Å²) in [6.45, 7) is 0. The molecule has 0 radical (unpaired) electrons. The van der Waals surface area contributed by atoms with E-state index in [4.69, 9.17) is 4.98 Å². The summed E-state index contributed by atoms with van der Waals surface area (Å²) in [5.41, 5.74) is 4.07. The van der Waals surface area contributed by atoms with Gasteiger partial charge in [-0.2, -0.15) is 0 Å². The number of nitrogens with one attached hydrogen (secondary N) is 1. The molecule has 156 valence electrons. The largest absolute Gasteiger partial charge is 0.508 e. The molecule has 5 nitrogen and oxygen atoms in total. The lowest BCUT2D eigenvalue weighted by atomic mass is 9.80. The number of hydrogen-bond donors (Lipinski definition) is 2. The molecular formula is C24H27N3O2S. The second-order valence-corrected chi connectivity index (χ2v) is 8.87. The van der Waals surface area contributed by atoms with Gasteiger partial charge in [-0.25, -0.2) is 4.98 Å². The highest BCUT2D eigenvalue weighted by Crippen LogP contribution is 2.37. The van der Waals surface area contributed by atoms with Gasteiger partial charge in [0.1, 0.15) is 11.5 Å². The molecule has 2 N–H and O–H groups in total. The monoisotopic (exact) mass is 421 g/mol. The number of phenolic OH excluding ortho intramolecular Hbond substituents is 1. The van der Waals surface area contributed by atoms with E-state index in [0.717, 1.165) is 46.9 Å². The van der Waals surface area contributed by atoms with Gasteiger partial charge >= 0.3 is 0 Å². The van der Waals surface area contributed by atoms with E-state index in [1.54, 1.807) is 23.5 Å². The van der Waals surface area contributed by atoms with E-state index in [0.29, 0.717) is 12.2 Å². The van der Waals surface area contributed by atoms with Crippen LogP contribution in [0.5, 0.6) is 5.75 Å². The van der Waals surface area contributed by atoms with Crippen LogP contribution in [-0.4, -0.2) is 30.0 Å². The second-order valence-electron chi connectivity index (χ2n) is 8.01. The number of rotatable bonds is 6. The lowest BCUT2D eigenvalue weighted by Gasteiger charge is -2.30. The number of nitrogens with zero attached hydrogens (tertiary/aromatic N) is 2. The van der Waals surface area contributed by atoms with E-state index < -0.39 is 0 Å². The molecular weight excluding hydrogens is 394 g/mol. The maximum atomic E-state index is 12.7. The maximum Gasteiger partial charge on any atom is 0.183 e. The molecule has 4 rings (SSSR count). The third-order valence-electron chi connectivity index (χ3n) is 5.72. The van der Waals surface area contributed by atoms with E-state index in [2.05, 4.69) is 34.5 Å². The number of ketones is 1. The van der Waals surface area contributed by atoms with Gasteiger partial charge in [0.2, 0.25) is 0 Å². The number of phenols is 1. The predicted octanol–water partition coefficient (Wildman–Crippen LogP) is 5.49. The molecule has 1 aliphatic rings. The molecule has 1 heterocycles. The molecule has 1 saturated carbocycles. The lowest BCUT2D eigenvalue weighted by Crippen LogP contribution is -2.30. The molecule has 0 bridgehead atoms. The van der Waals surface area contributed by atoms with Crippen molar-refractivity contribution >= 4 is 27.9 Å². The molecule has 30 heavy (non-hydrogen) atoms. The minimum absolute atomic E-state index is 0.0371. The molecule has 1 aromatic heterocycles. The van der Waals surface area contributed by atoms with Crippen molar-refractivity contribution < 1.29 is 9.90 Å². The zero-order chi connectivity index (χ0) is 21.1. The molecule has 2 atom stereocenters. The zero-order valence-electron chi connectivity index (χ0n) is 17.3. The summed E-state index contributed by atoms with van der Waals surface area (Å²) in [6.07, 6.45) is 3.64. The lowest BCUT2D eigenvalue weighted by molar-refractivity contribution is -0.125. The van der Waals surface area contributed by atoms with E-state index in [1.807, 2.05) is 31.6 Å². The molecule has 1 fully saturated rings. The van der Waals surface area contributed by atoms with Crippen molar-refractivity contribution in [3.05, 3.63) is 59.5 Å². The Labute approximate surface area is 181 Å². The fourth-order valence-electron chi connectivity index (χ4n) is 4.00. The smallest absolute Gasteiger partial charge is 0.183 e. The van der Waals surface area contributed by atoms with Gasteiger partial charge in [0.05, 0.1) is 11.7 Å². The van der Waals surface area contributed by atoms with Gasteiger partial charge in [0, 0.05) is 43.1 Å². The summed E-state index contributed by atoms with van der Waals surface area (Å²) < 4.78 is 0. The van der Waals surface area contributed by atoms with Gasteiger partial charge < -0.3 is 15.3 Å². The standard InChI is InChI=1S/C24H27N3O2S/c1-27(2)18-11-7-17(8-12-18)23(20-5-3-4-6-22(20)29)26-24-25-21(15-30-24)16-9-13-19(28)14-10-16/h7-15,20,23,28H,3-6H2,1-2H3,(H,25,26). The molecule has 0 spiro atoms. The minimum Gasteiger partial charge on any atom is -0.508 e. The summed E-state index contributed by atoms with van der Waals surface area (Å²) >= 11 is 1.54. The fraction of sp³-hybridized carbons (Fsp3) is 0.333. The van der Waals surface area contributed by atoms with Crippen molar-refractivity contribution in [2.45, 2.75) is 31.7 Å². The van der Waals surface area contributed by atoms with Crippen LogP contribution in [-0.2, 0) is 4.79 Å². The summed E-state index contributed by atoms with van der Waals surface area (Å²) in [4.78, 5) is 19.6. The van der Waals surface area contributed by atoms with Crippen LogP contribution in [0.4, 0.5) is 10.8 Å². The normalized spacial score (nSPS) is 17.5. The van der Waals surface area contributed by atoms with Crippen molar-refractivity contribution in [2.75, 3.05) is 24.3 Å². The molecule has 3 aromatic rings. The Hall–Kier alpha value is -2.86. The molecule has 0 saturated heterocycles. The highest BCUT2D eigenvalue weighted by molar-refractivity contribution is 7.14. The van der Waals surface area contributed by atoms with Crippen molar-refractivity contribution in [3.63, 3.8) is 0 Å². The van der Waals surface area contributed by atoms with E-state index in [9.17, 15) is 9.90 Å². The average Bonchev–Trinajstić information content (AvgIpc) is 3.22. The van der Waals surface area contributed by atoms with Crippen molar-refractivity contribution in [1.29, 1.82) is 0 Å². The number of hydrogen-bond acceptors (Lipinski definition) is 6.